The van der Waals surface area contributed by atoms with Gasteiger partial charge in [0, 0.05) is 0 Å². The topological polar surface area (TPSA) is 0 Å². The molecule has 0 aromatic heterocycles. The predicted octanol–water partition coefficient (Wildman–Crippen LogP) is 7.14. The second-order valence-corrected chi connectivity index (χ2v) is 5.96. The Balaban J connectivity index is 0.000000184. The van der Waals surface area contributed by atoms with Crippen LogP contribution >= 0.6 is 0 Å². The number of aryl methyl sites for hydroxylation is 1. The maximum Gasteiger partial charge on any atom is -0.0219 e. The summed E-state index contributed by atoms with van der Waals surface area (Å²) < 4.78 is 0. The summed E-state index contributed by atoms with van der Waals surface area (Å²) in [6.07, 6.45) is 2.45. The van der Waals surface area contributed by atoms with E-state index in [9.17, 15) is 0 Å². The summed E-state index contributed by atoms with van der Waals surface area (Å²) in [4.78, 5) is 0. The number of benzene rings is 3. The summed E-state index contributed by atoms with van der Waals surface area (Å²) in [6.45, 7) is 6.61. The Morgan fingerprint density at radius 2 is 0.958 bits per heavy atom. The fraction of sp³-hybridized carbons (Fsp3) is 0.250. The first-order valence-electron chi connectivity index (χ1n) is 8.83. The van der Waals surface area contributed by atoms with E-state index < -0.39 is 0 Å². The lowest BCUT2D eigenvalue weighted by Crippen LogP contribution is -1.83. The first kappa shape index (κ1) is 19.7. The summed E-state index contributed by atoms with van der Waals surface area (Å²) in [5.41, 5.74) is 2.86. The second-order valence-electron chi connectivity index (χ2n) is 5.96. The van der Waals surface area contributed by atoms with Crippen molar-refractivity contribution in [3.8, 4) is 0 Å². The largest absolute Gasteiger partial charge is 0.0651 e. The lowest BCUT2D eigenvalue weighted by molar-refractivity contribution is 0.867. The Kier molecular flexibility index (Phi) is 10.8. The maximum absolute atomic E-state index is 2.20. The molecular formula is C24H30. The minimum atomic E-state index is 0.659. The van der Waals surface area contributed by atoms with Gasteiger partial charge in [0.05, 0.1) is 0 Å². The van der Waals surface area contributed by atoms with Gasteiger partial charge in [0.2, 0.25) is 0 Å². The van der Waals surface area contributed by atoms with Crippen LogP contribution in [0.25, 0.3) is 0 Å². The molecule has 0 aliphatic heterocycles. The zero-order valence-electron chi connectivity index (χ0n) is 15.2. The molecule has 0 saturated heterocycles. The molecule has 3 aromatic carbocycles. The highest BCUT2D eigenvalue weighted by atomic mass is 14.0. The van der Waals surface area contributed by atoms with Gasteiger partial charge < -0.3 is 0 Å². The summed E-state index contributed by atoms with van der Waals surface area (Å²) in [7, 11) is 0. The molecule has 0 aliphatic rings. The molecule has 0 heterocycles. The molecule has 126 valence electrons. The van der Waals surface area contributed by atoms with Crippen LogP contribution < -0.4 is 0 Å². The average molecular weight is 319 g/mol. The minimum Gasteiger partial charge on any atom is -0.0651 e. The third-order valence-electron chi connectivity index (χ3n) is 3.51. The van der Waals surface area contributed by atoms with E-state index in [4.69, 9.17) is 0 Å². The molecule has 0 N–H and O–H groups in total. The Labute approximate surface area is 148 Å². The van der Waals surface area contributed by atoms with Crippen molar-refractivity contribution in [2.45, 2.75) is 39.5 Å². The van der Waals surface area contributed by atoms with Crippen molar-refractivity contribution in [1.29, 1.82) is 0 Å². The van der Waals surface area contributed by atoms with E-state index in [0.29, 0.717) is 5.92 Å². The van der Waals surface area contributed by atoms with Crippen LogP contribution in [0.3, 0.4) is 0 Å². The van der Waals surface area contributed by atoms with Crippen molar-refractivity contribution in [3.05, 3.63) is 108 Å². The smallest absolute Gasteiger partial charge is 0.0219 e. The Bertz CT molecular complexity index is 571. The van der Waals surface area contributed by atoms with Crippen molar-refractivity contribution in [3.63, 3.8) is 0 Å². The van der Waals surface area contributed by atoms with Crippen molar-refractivity contribution in [1.82, 2.24) is 0 Å². The Morgan fingerprint density at radius 3 is 1.29 bits per heavy atom. The highest BCUT2D eigenvalue weighted by Gasteiger charge is 1.93. The SMILES string of the molecule is CC(C)c1ccccc1.CCCc1ccccc1.c1ccccc1. The van der Waals surface area contributed by atoms with Crippen LogP contribution in [-0.2, 0) is 6.42 Å². The normalized spacial score (nSPS) is 9.33. The van der Waals surface area contributed by atoms with E-state index in [0.717, 1.165) is 0 Å². The second kappa shape index (κ2) is 13.1. The highest BCUT2D eigenvalue weighted by Crippen LogP contribution is 2.11. The molecule has 24 heavy (non-hydrogen) atoms. The molecule has 0 atom stereocenters. The molecule has 3 rings (SSSR count). The number of hydrogen-bond donors (Lipinski definition) is 0. The van der Waals surface area contributed by atoms with Gasteiger partial charge in [-0.25, -0.2) is 0 Å². The molecule has 0 heteroatoms. The monoisotopic (exact) mass is 318 g/mol. The zero-order chi connectivity index (χ0) is 17.5. The van der Waals surface area contributed by atoms with Gasteiger partial charge in [0.1, 0.15) is 0 Å². The van der Waals surface area contributed by atoms with Gasteiger partial charge in [-0.15, -0.1) is 0 Å². The van der Waals surface area contributed by atoms with Crippen molar-refractivity contribution in [2.75, 3.05) is 0 Å². The molecule has 0 nitrogen and oxygen atoms in total. The molecule has 0 saturated carbocycles. The van der Waals surface area contributed by atoms with Crippen LogP contribution in [0.5, 0.6) is 0 Å². The fourth-order valence-electron chi connectivity index (χ4n) is 2.16. The quantitative estimate of drug-likeness (QED) is 0.481. The molecule has 0 amide bonds. The van der Waals surface area contributed by atoms with Gasteiger partial charge in [-0.3, -0.25) is 0 Å². The summed E-state index contributed by atoms with van der Waals surface area (Å²) >= 11 is 0. The summed E-state index contributed by atoms with van der Waals surface area (Å²) in [5.74, 6) is 0.659. The first-order valence-corrected chi connectivity index (χ1v) is 8.83. The van der Waals surface area contributed by atoms with Crippen LogP contribution in [0.1, 0.15) is 44.2 Å². The lowest BCUT2D eigenvalue weighted by atomic mass is 10.0. The van der Waals surface area contributed by atoms with E-state index in [1.54, 1.807) is 0 Å². The van der Waals surface area contributed by atoms with Crippen LogP contribution in [0, 0.1) is 0 Å². The average Bonchev–Trinajstić information content (AvgIpc) is 2.66. The van der Waals surface area contributed by atoms with Crippen LogP contribution in [0.4, 0.5) is 0 Å². The summed E-state index contributed by atoms with van der Waals surface area (Å²) in [5, 5.41) is 0. The summed E-state index contributed by atoms with van der Waals surface area (Å²) in [6, 6.07) is 33.1. The van der Waals surface area contributed by atoms with E-state index in [-0.39, 0.29) is 0 Å². The molecule has 0 bridgehead atoms. The Morgan fingerprint density at radius 1 is 0.583 bits per heavy atom. The van der Waals surface area contributed by atoms with Crippen LogP contribution in [0.15, 0.2) is 97.1 Å². The van der Waals surface area contributed by atoms with Gasteiger partial charge in [0.15, 0.2) is 0 Å². The van der Waals surface area contributed by atoms with Crippen LogP contribution in [0.2, 0.25) is 0 Å². The lowest BCUT2D eigenvalue weighted by Gasteiger charge is -2.01. The van der Waals surface area contributed by atoms with Gasteiger partial charge in [-0.05, 0) is 23.5 Å². The molecule has 0 radical (unpaired) electrons. The van der Waals surface area contributed by atoms with E-state index in [1.807, 2.05) is 42.5 Å². The molecule has 3 aromatic rings. The molecule has 0 aliphatic carbocycles. The van der Waals surface area contributed by atoms with E-state index in [2.05, 4.69) is 75.4 Å². The minimum absolute atomic E-state index is 0.659. The molecule has 0 unspecified atom stereocenters. The van der Waals surface area contributed by atoms with E-state index >= 15 is 0 Å². The first-order chi connectivity index (χ1) is 11.7. The maximum atomic E-state index is 2.20. The standard InChI is InChI=1S/2C9H12.C6H6/c1-8(2)9-6-4-3-5-7-9;1-2-6-9-7-4-3-5-8-9;1-2-4-6-5-3-1/h3-8H,1-2H3;3-5,7-8H,2,6H2,1H3;1-6H. The zero-order valence-corrected chi connectivity index (χ0v) is 15.2. The number of rotatable bonds is 3. The third kappa shape index (κ3) is 9.63. The Hall–Kier alpha value is -2.34. The van der Waals surface area contributed by atoms with Crippen molar-refractivity contribution < 1.29 is 0 Å². The number of hydrogen-bond acceptors (Lipinski definition) is 0. The highest BCUT2D eigenvalue weighted by molar-refractivity contribution is 5.17. The van der Waals surface area contributed by atoms with Gasteiger partial charge in [-0.2, -0.15) is 0 Å². The van der Waals surface area contributed by atoms with Crippen LogP contribution in [-0.4, -0.2) is 0 Å². The van der Waals surface area contributed by atoms with Crippen molar-refractivity contribution >= 4 is 0 Å². The molecular weight excluding hydrogens is 288 g/mol. The molecule has 0 spiro atoms. The third-order valence-corrected chi connectivity index (χ3v) is 3.51. The van der Waals surface area contributed by atoms with E-state index in [1.165, 1.54) is 24.0 Å². The van der Waals surface area contributed by atoms with Crippen molar-refractivity contribution in [2.24, 2.45) is 0 Å². The van der Waals surface area contributed by atoms with Gasteiger partial charge in [-0.1, -0.05) is 124 Å². The van der Waals surface area contributed by atoms with Gasteiger partial charge in [0.25, 0.3) is 0 Å². The van der Waals surface area contributed by atoms with Gasteiger partial charge >= 0.3 is 0 Å². The molecule has 0 fully saturated rings. The fourth-order valence-corrected chi connectivity index (χ4v) is 2.16. The predicted molar refractivity (Wildman–Crippen MR) is 107 cm³/mol.